The quantitative estimate of drug-likeness (QED) is 0.886. The molecule has 1 nitrogen and oxygen atoms in total. The molecule has 1 atom stereocenters. The summed E-state index contributed by atoms with van der Waals surface area (Å²) in [5, 5.41) is 10.8. The first-order valence-corrected chi connectivity index (χ1v) is 6.12. The summed E-state index contributed by atoms with van der Waals surface area (Å²) in [6.45, 7) is 1.79. The predicted molar refractivity (Wildman–Crippen MR) is 71.3 cm³/mol. The second kappa shape index (κ2) is 5.51. The van der Waals surface area contributed by atoms with Crippen molar-refractivity contribution < 1.29 is 9.50 Å². The van der Waals surface area contributed by atoms with Gasteiger partial charge in [-0.2, -0.15) is 0 Å². The van der Waals surface area contributed by atoms with E-state index in [0.717, 1.165) is 16.7 Å². The molecule has 0 bridgehead atoms. The highest BCUT2D eigenvalue weighted by Gasteiger charge is 2.12. The average molecular weight is 265 g/mol. The highest BCUT2D eigenvalue weighted by Crippen LogP contribution is 2.23. The Morgan fingerprint density at radius 1 is 1.22 bits per heavy atom. The first-order valence-electron chi connectivity index (χ1n) is 5.75. The zero-order valence-electron chi connectivity index (χ0n) is 10.0. The Balaban J connectivity index is 2.19. The van der Waals surface area contributed by atoms with E-state index in [2.05, 4.69) is 0 Å². The van der Waals surface area contributed by atoms with Gasteiger partial charge >= 0.3 is 0 Å². The van der Waals surface area contributed by atoms with Crippen molar-refractivity contribution in [3.63, 3.8) is 0 Å². The Kier molecular flexibility index (Phi) is 4.00. The third-order valence-corrected chi connectivity index (χ3v) is 3.14. The number of benzene rings is 2. The van der Waals surface area contributed by atoms with E-state index in [9.17, 15) is 9.50 Å². The minimum absolute atomic E-state index is 0.286. The molecular weight excluding hydrogens is 251 g/mol. The summed E-state index contributed by atoms with van der Waals surface area (Å²) in [7, 11) is 0. The van der Waals surface area contributed by atoms with E-state index >= 15 is 0 Å². The lowest BCUT2D eigenvalue weighted by Crippen LogP contribution is -2.04. The maximum Gasteiger partial charge on any atom is 0.123 e. The van der Waals surface area contributed by atoms with Crippen molar-refractivity contribution in [1.82, 2.24) is 0 Å². The summed E-state index contributed by atoms with van der Waals surface area (Å²) < 4.78 is 13.0. The van der Waals surface area contributed by atoms with Gasteiger partial charge in [-0.25, -0.2) is 4.39 Å². The third-order valence-electron chi connectivity index (χ3n) is 2.91. The molecule has 0 saturated carbocycles. The van der Waals surface area contributed by atoms with Crippen molar-refractivity contribution in [3.8, 4) is 0 Å². The predicted octanol–water partition coefficient (Wildman–Crippen LogP) is 4.06. The number of aryl methyl sites for hydroxylation is 1. The van der Waals surface area contributed by atoms with Crippen LogP contribution in [0.4, 0.5) is 4.39 Å². The van der Waals surface area contributed by atoms with Crippen LogP contribution in [0.1, 0.15) is 22.8 Å². The highest BCUT2D eigenvalue weighted by atomic mass is 35.5. The molecule has 0 aromatic heterocycles. The molecule has 0 spiro atoms. The molecule has 2 rings (SSSR count). The van der Waals surface area contributed by atoms with Crippen molar-refractivity contribution in [2.75, 3.05) is 0 Å². The van der Waals surface area contributed by atoms with Gasteiger partial charge < -0.3 is 5.11 Å². The van der Waals surface area contributed by atoms with Gasteiger partial charge in [-0.1, -0.05) is 29.8 Å². The van der Waals surface area contributed by atoms with E-state index in [1.165, 1.54) is 12.1 Å². The lowest BCUT2D eigenvalue weighted by atomic mass is 9.98. The van der Waals surface area contributed by atoms with Crippen LogP contribution in [0.25, 0.3) is 0 Å². The summed E-state index contributed by atoms with van der Waals surface area (Å²) in [6, 6.07) is 11.8. The van der Waals surface area contributed by atoms with E-state index in [4.69, 9.17) is 11.6 Å². The van der Waals surface area contributed by atoms with Crippen LogP contribution < -0.4 is 0 Å². The first-order chi connectivity index (χ1) is 8.56. The fourth-order valence-electron chi connectivity index (χ4n) is 2.01. The Hall–Kier alpha value is -1.38. The van der Waals surface area contributed by atoms with E-state index in [1.807, 2.05) is 18.2 Å². The monoisotopic (exact) mass is 264 g/mol. The molecule has 18 heavy (non-hydrogen) atoms. The smallest absolute Gasteiger partial charge is 0.123 e. The molecule has 0 aliphatic rings. The summed E-state index contributed by atoms with van der Waals surface area (Å²) in [5.74, 6) is -0.286. The van der Waals surface area contributed by atoms with Crippen LogP contribution in [-0.4, -0.2) is 5.11 Å². The van der Waals surface area contributed by atoms with Crippen LogP contribution in [0, 0.1) is 12.7 Å². The molecule has 2 aromatic carbocycles. The normalized spacial score (nSPS) is 12.4. The van der Waals surface area contributed by atoms with E-state index < -0.39 is 6.10 Å². The maximum atomic E-state index is 13.0. The molecule has 2 aromatic rings. The molecule has 0 aliphatic carbocycles. The number of hydrogen-bond acceptors (Lipinski definition) is 1. The van der Waals surface area contributed by atoms with E-state index in [0.29, 0.717) is 11.4 Å². The van der Waals surface area contributed by atoms with Gasteiger partial charge in [0.2, 0.25) is 0 Å². The third kappa shape index (κ3) is 3.09. The van der Waals surface area contributed by atoms with Crippen molar-refractivity contribution >= 4 is 11.6 Å². The van der Waals surface area contributed by atoms with Crippen LogP contribution in [0.3, 0.4) is 0 Å². The van der Waals surface area contributed by atoms with Crippen LogP contribution in [0.2, 0.25) is 5.02 Å². The first kappa shape index (κ1) is 13.1. The topological polar surface area (TPSA) is 20.2 Å². The van der Waals surface area contributed by atoms with Crippen molar-refractivity contribution in [1.29, 1.82) is 0 Å². The molecule has 0 saturated heterocycles. The van der Waals surface area contributed by atoms with Gasteiger partial charge in [0, 0.05) is 11.4 Å². The minimum Gasteiger partial charge on any atom is -0.388 e. The zero-order chi connectivity index (χ0) is 13.1. The molecule has 0 radical (unpaired) electrons. The van der Waals surface area contributed by atoms with Crippen molar-refractivity contribution in [2.24, 2.45) is 0 Å². The summed E-state index contributed by atoms with van der Waals surface area (Å²) >= 11 is 5.90. The Morgan fingerprint density at radius 2 is 2.00 bits per heavy atom. The molecule has 0 amide bonds. The van der Waals surface area contributed by atoms with Gasteiger partial charge in [0.15, 0.2) is 0 Å². The van der Waals surface area contributed by atoms with Crippen molar-refractivity contribution in [3.05, 3.63) is 70.0 Å². The molecule has 3 heteroatoms. The maximum absolute atomic E-state index is 13.0. The fraction of sp³-hybridized carbons (Fsp3) is 0.200. The van der Waals surface area contributed by atoms with Crippen LogP contribution in [0.5, 0.6) is 0 Å². The number of aliphatic hydroxyl groups is 1. The second-order valence-corrected chi connectivity index (χ2v) is 4.79. The second-order valence-electron chi connectivity index (χ2n) is 4.35. The number of halogens is 2. The summed E-state index contributed by atoms with van der Waals surface area (Å²) in [4.78, 5) is 0. The van der Waals surface area contributed by atoms with Crippen molar-refractivity contribution in [2.45, 2.75) is 19.4 Å². The van der Waals surface area contributed by atoms with Gasteiger partial charge in [-0.3, -0.25) is 0 Å². The molecular formula is C15H14ClFO. The number of rotatable bonds is 3. The van der Waals surface area contributed by atoms with Crippen LogP contribution in [0.15, 0.2) is 42.5 Å². The molecule has 0 aliphatic heterocycles. The Labute approximate surface area is 111 Å². The van der Waals surface area contributed by atoms with Gasteiger partial charge in [0.05, 0.1) is 6.10 Å². The van der Waals surface area contributed by atoms with Gasteiger partial charge in [0.25, 0.3) is 0 Å². The average Bonchev–Trinajstić information content (AvgIpc) is 2.28. The van der Waals surface area contributed by atoms with Gasteiger partial charge in [-0.05, 0) is 47.9 Å². The Bertz CT molecular complexity index is 554. The zero-order valence-corrected chi connectivity index (χ0v) is 10.8. The van der Waals surface area contributed by atoms with Gasteiger partial charge in [0.1, 0.15) is 5.82 Å². The van der Waals surface area contributed by atoms with Crippen LogP contribution in [-0.2, 0) is 6.42 Å². The molecule has 0 fully saturated rings. The highest BCUT2D eigenvalue weighted by molar-refractivity contribution is 6.30. The van der Waals surface area contributed by atoms with Gasteiger partial charge in [-0.15, -0.1) is 0 Å². The van der Waals surface area contributed by atoms with E-state index in [1.54, 1.807) is 19.1 Å². The molecule has 1 unspecified atom stereocenters. The van der Waals surface area contributed by atoms with Crippen LogP contribution >= 0.6 is 11.6 Å². The number of hydrogen-bond donors (Lipinski definition) is 1. The largest absolute Gasteiger partial charge is 0.388 e. The molecule has 1 N–H and O–H groups in total. The lowest BCUT2D eigenvalue weighted by Gasteiger charge is -2.14. The fourth-order valence-corrected chi connectivity index (χ4v) is 2.22. The summed E-state index contributed by atoms with van der Waals surface area (Å²) in [6.07, 6.45) is -0.184. The summed E-state index contributed by atoms with van der Waals surface area (Å²) in [5.41, 5.74) is 2.46. The minimum atomic E-state index is -0.649. The molecule has 94 valence electrons. The Morgan fingerprint density at radius 3 is 2.67 bits per heavy atom. The van der Waals surface area contributed by atoms with E-state index in [-0.39, 0.29) is 5.82 Å². The molecule has 0 heterocycles. The lowest BCUT2D eigenvalue weighted by molar-refractivity contribution is 0.177. The standard InChI is InChI=1S/C15H14ClFO/c1-10-7-13(17)5-6-14(10)15(18)9-11-3-2-4-12(16)8-11/h2-8,15,18H,9H2,1H3. The SMILES string of the molecule is Cc1cc(F)ccc1C(O)Cc1cccc(Cl)c1. The number of aliphatic hydroxyl groups excluding tert-OH is 1.